The van der Waals surface area contributed by atoms with Gasteiger partial charge >= 0.3 is 6.16 Å². The molecule has 3 N–H and O–H groups in total. The molecule has 6 heteroatoms. The fourth-order valence-electron chi connectivity index (χ4n) is 1.90. The van der Waals surface area contributed by atoms with Gasteiger partial charge in [0.1, 0.15) is 0 Å². The Hall–Kier alpha value is -1.79. The Labute approximate surface area is 104 Å². The van der Waals surface area contributed by atoms with Crippen LogP contribution >= 0.6 is 0 Å². The predicted molar refractivity (Wildman–Crippen MR) is 61.8 cm³/mol. The highest BCUT2D eigenvalue weighted by molar-refractivity contribution is 5.73. The molecule has 0 bridgehead atoms. The summed E-state index contributed by atoms with van der Waals surface area (Å²) in [7, 11) is 0. The van der Waals surface area contributed by atoms with Gasteiger partial charge in [0, 0.05) is 13.0 Å². The molecule has 1 aliphatic heterocycles. The van der Waals surface area contributed by atoms with Crippen molar-refractivity contribution in [3.8, 4) is 11.5 Å². The highest BCUT2D eigenvalue weighted by Crippen LogP contribution is 2.37. The van der Waals surface area contributed by atoms with Crippen molar-refractivity contribution in [2.45, 2.75) is 32.5 Å². The van der Waals surface area contributed by atoms with Gasteiger partial charge in [0.15, 0.2) is 11.5 Å². The van der Waals surface area contributed by atoms with Crippen LogP contribution in [0.15, 0.2) is 18.2 Å². The van der Waals surface area contributed by atoms with Gasteiger partial charge in [-0.2, -0.15) is 0 Å². The second kappa shape index (κ2) is 4.47. The van der Waals surface area contributed by atoms with Crippen molar-refractivity contribution in [3.05, 3.63) is 23.8 Å². The number of fused-ring (bicyclic) bond motifs is 1. The minimum atomic E-state index is -2.59. The largest absolute Gasteiger partial charge is 0.505 e. The summed E-state index contributed by atoms with van der Waals surface area (Å²) in [5.41, 5.74) is 0.899. The molecule has 0 spiro atoms. The van der Waals surface area contributed by atoms with Gasteiger partial charge in [-0.15, -0.1) is 0 Å². The predicted octanol–water partition coefficient (Wildman–Crippen LogP) is 0.121. The van der Waals surface area contributed by atoms with Gasteiger partial charge in [-0.1, -0.05) is 6.07 Å². The fraction of sp³-hybridized carbons (Fsp3) is 0.417. The van der Waals surface area contributed by atoms with Crippen LogP contribution in [0.5, 0.6) is 11.5 Å². The van der Waals surface area contributed by atoms with Crippen LogP contribution in [-0.2, 0) is 11.2 Å². The SMILES string of the molecule is CC(=O)N[C@@H](C)Cc1ccc2c(c1)OC(O)(O)O2. The highest BCUT2D eigenvalue weighted by atomic mass is 17.0. The summed E-state index contributed by atoms with van der Waals surface area (Å²) in [6.45, 7) is 3.34. The third kappa shape index (κ3) is 2.91. The first-order valence-corrected chi connectivity index (χ1v) is 5.58. The van der Waals surface area contributed by atoms with Crippen LogP contribution in [-0.4, -0.2) is 28.3 Å². The van der Waals surface area contributed by atoms with Crippen LogP contribution in [0, 0.1) is 0 Å². The Balaban J connectivity index is 2.07. The van der Waals surface area contributed by atoms with Crippen molar-refractivity contribution < 1.29 is 24.5 Å². The molecule has 1 aliphatic rings. The lowest BCUT2D eigenvalue weighted by Crippen LogP contribution is -2.37. The number of hydrogen-bond acceptors (Lipinski definition) is 5. The first-order valence-electron chi connectivity index (χ1n) is 5.58. The zero-order chi connectivity index (χ0) is 13.3. The number of nitrogens with one attached hydrogen (secondary N) is 1. The maximum atomic E-state index is 10.9. The number of carbonyl (C=O) groups excluding carboxylic acids is 1. The van der Waals surface area contributed by atoms with E-state index in [4.69, 9.17) is 19.7 Å². The molecule has 0 radical (unpaired) electrons. The molecule has 18 heavy (non-hydrogen) atoms. The molecule has 2 rings (SSSR count). The van der Waals surface area contributed by atoms with Crippen LogP contribution in [0.2, 0.25) is 0 Å². The maximum Gasteiger partial charge on any atom is 0.505 e. The molecule has 1 amide bonds. The Morgan fingerprint density at radius 3 is 2.72 bits per heavy atom. The zero-order valence-electron chi connectivity index (χ0n) is 10.1. The van der Waals surface area contributed by atoms with E-state index in [2.05, 4.69) is 5.32 Å². The summed E-state index contributed by atoms with van der Waals surface area (Å²) >= 11 is 0. The van der Waals surface area contributed by atoms with E-state index in [0.717, 1.165) is 5.56 Å². The Kier molecular flexibility index (Phi) is 3.14. The van der Waals surface area contributed by atoms with E-state index in [1.807, 2.05) is 6.92 Å². The second-order valence-electron chi connectivity index (χ2n) is 4.34. The van der Waals surface area contributed by atoms with E-state index in [1.54, 1.807) is 18.2 Å². The van der Waals surface area contributed by atoms with Crippen molar-refractivity contribution in [2.75, 3.05) is 0 Å². The van der Waals surface area contributed by atoms with Gasteiger partial charge in [0.05, 0.1) is 0 Å². The van der Waals surface area contributed by atoms with Crippen molar-refractivity contribution in [1.29, 1.82) is 0 Å². The quantitative estimate of drug-likeness (QED) is 0.666. The van der Waals surface area contributed by atoms with Crippen molar-refractivity contribution >= 4 is 5.91 Å². The second-order valence-corrected chi connectivity index (χ2v) is 4.34. The first-order chi connectivity index (χ1) is 8.35. The van der Waals surface area contributed by atoms with Gasteiger partial charge in [-0.05, 0) is 31.0 Å². The van der Waals surface area contributed by atoms with Crippen molar-refractivity contribution in [2.24, 2.45) is 0 Å². The molecule has 0 aliphatic carbocycles. The molecule has 6 nitrogen and oxygen atoms in total. The monoisotopic (exact) mass is 253 g/mol. The Morgan fingerprint density at radius 2 is 2.06 bits per heavy atom. The van der Waals surface area contributed by atoms with Crippen molar-refractivity contribution in [1.82, 2.24) is 5.32 Å². The Bertz CT molecular complexity index is 472. The summed E-state index contributed by atoms with van der Waals surface area (Å²) < 4.78 is 9.54. The molecule has 1 aromatic rings. The molecule has 1 atom stereocenters. The molecule has 0 fully saturated rings. The average Bonchev–Trinajstić information content (AvgIpc) is 2.49. The van der Waals surface area contributed by atoms with Gasteiger partial charge in [0.2, 0.25) is 5.91 Å². The molecule has 1 heterocycles. The Morgan fingerprint density at radius 1 is 1.39 bits per heavy atom. The number of rotatable bonds is 3. The average molecular weight is 253 g/mol. The maximum absolute atomic E-state index is 10.9. The van der Waals surface area contributed by atoms with E-state index in [0.29, 0.717) is 6.42 Å². The van der Waals surface area contributed by atoms with E-state index in [1.165, 1.54) is 6.92 Å². The minimum Gasteiger partial charge on any atom is -0.403 e. The number of ether oxygens (including phenoxy) is 2. The van der Waals surface area contributed by atoms with Gasteiger partial charge in [-0.25, -0.2) is 0 Å². The van der Waals surface area contributed by atoms with Gasteiger partial charge in [0.25, 0.3) is 0 Å². The lowest BCUT2D eigenvalue weighted by atomic mass is 10.1. The van der Waals surface area contributed by atoms with Crippen LogP contribution in [0.25, 0.3) is 0 Å². The summed E-state index contributed by atoms with van der Waals surface area (Å²) in [6.07, 6.45) is -1.98. The molecular formula is C12H15NO5. The highest BCUT2D eigenvalue weighted by Gasteiger charge is 2.38. The molecule has 0 saturated heterocycles. The van der Waals surface area contributed by atoms with Crippen LogP contribution in [0.4, 0.5) is 0 Å². The van der Waals surface area contributed by atoms with E-state index in [9.17, 15) is 4.79 Å². The molecule has 0 unspecified atom stereocenters. The fourth-order valence-corrected chi connectivity index (χ4v) is 1.90. The topological polar surface area (TPSA) is 88.0 Å². The summed E-state index contributed by atoms with van der Waals surface area (Å²) in [5.74, 6) is 0.455. The van der Waals surface area contributed by atoms with E-state index < -0.39 is 6.16 Å². The number of aliphatic hydroxyl groups is 2. The standard InChI is InChI=1S/C12H15NO5/c1-7(13-8(2)14)5-9-3-4-10-11(6-9)18-12(15,16)17-10/h3-4,6-7,15-16H,5H2,1-2H3,(H,13,14)/t7-/m0/s1. The van der Waals surface area contributed by atoms with Crippen LogP contribution < -0.4 is 14.8 Å². The molecule has 1 aromatic carbocycles. The third-order valence-corrected chi connectivity index (χ3v) is 2.49. The lowest BCUT2D eigenvalue weighted by Gasteiger charge is -2.12. The van der Waals surface area contributed by atoms with E-state index >= 15 is 0 Å². The summed E-state index contributed by atoms with van der Waals surface area (Å²) in [6, 6.07) is 5.01. The normalized spacial score (nSPS) is 17.3. The number of benzene rings is 1. The molecule has 98 valence electrons. The number of amides is 1. The summed E-state index contributed by atoms with van der Waals surface area (Å²) in [5, 5.41) is 21.1. The van der Waals surface area contributed by atoms with E-state index in [-0.39, 0.29) is 23.4 Å². The zero-order valence-corrected chi connectivity index (χ0v) is 10.1. The smallest absolute Gasteiger partial charge is 0.403 e. The summed E-state index contributed by atoms with van der Waals surface area (Å²) in [4.78, 5) is 10.9. The van der Waals surface area contributed by atoms with Crippen LogP contribution in [0.3, 0.4) is 0 Å². The number of hydrogen-bond donors (Lipinski definition) is 3. The molecular weight excluding hydrogens is 238 g/mol. The molecule has 0 aromatic heterocycles. The minimum absolute atomic E-state index is 0.0177. The lowest BCUT2D eigenvalue weighted by molar-refractivity contribution is -0.385. The van der Waals surface area contributed by atoms with Gasteiger partial charge < -0.3 is 14.8 Å². The number of carbonyl (C=O) groups is 1. The van der Waals surface area contributed by atoms with Crippen LogP contribution in [0.1, 0.15) is 19.4 Å². The molecule has 0 saturated carbocycles. The van der Waals surface area contributed by atoms with Crippen molar-refractivity contribution in [3.63, 3.8) is 0 Å². The first kappa shape index (κ1) is 12.7. The third-order valence-electron chi connectivity index (χ3n) is 2.49. The van der Waals surface area contributed by atoms with Gasteiger partial charge in [-0.3, -0.25) is 15.0 Å².